The van der Waals surface area contributed by atoms with Gasteiger partial charge in [-0.05, 0) is 30.3 Å². The van der Waals surface area contributed by atoms with E-state index in [0.29, 0.717) is 0 Å². The SMILES string of the molecule is N#Cc1cc(F)ccc1NC(=O)c1ccc(Cl)nc1. The Labute approximate surface area is 113 Å². The third kappa shape index (κ3) is 3.06. The second-order valence-electron chi connectivity index (χ2n) is 3.63. The van der Waals surface area contributed by atoms with Gasteiger partial charge in [0, 0.05) is 6.20 Å². The van der Waals surface area contributed by atoms with Crippen LogP contribution in [0.2, 0.25) is 5.15 Å². The summed E-state index contributed by atoms with van der Waals surface area (Å²) in [5.41, 5.74) is 0.580. The van der Waals surface area contributed by atoms with Gasteiger partial charge in [0.05, 0.1) is 16.8 Å². The van der Waals surface area contributed by atoms with Crippen LogP contribution in [0.3, 0.4) is 0 Å². The first-order valence-electron chi connectivity index (χ1n) is 5.22. The lowest BCUT2D eigenvalue weighted by atomic mass is 10.1. The Morgan fingerprint density at radius 1 is 1.37 bits per heavy atom. The van der Waals surface area contributed by atoms with Crippen LogP contribution in [0.25, 0.3) is 0 Å². The van der Waals surface area contributed by atoms with Crippen LogP contribution >= 0.6 is 11.6 Å². The van der Waals surface area contributed by atoms with E-state index >= 15 is 0 Å². The second-order valence-corrected chi connectivity index (χ2v) is 4.01. The number of halogens is 2. The summed E-state index contributed by atoms with van der Waals surface area (Å²) in [5.74, 6) is -0.991. The van der Waals surface area contributed by atoms with Crippen LogP contribution in [0, 0.1) is 17.1 Å². The zero-order valence-electron chi connectivity index (χ0n) is 9.52. The average molecular weight is 276 g/mol. The number of nitriles is 1. The van der Waals surface area contributed by atoms with Gasteiger partial charge in [0.15, 0.2) is 0 Å². The van der Waals surface area contributed by atoms with Crippen molar-refractivity contribution >= 4 is 23.2 Å². The Kier molecular flexibility index (Phi) is 3.74. The van der Waals surface area contributed by atoms with Crippen LogP contribution in [0.15, 0.2) is 36.5 Å². The van der Waals surface area contributed by atoms with Crippen LogP contribution in [0.5, 0.6) is 0 Å². The monoisotopic (exact) mass is 275 g/mol. The van der Waals surface area contributed by atoms with Crippen molar-refractivity contribution in [3.63, 3.8) is 0 Å². The fraction of sp³-hybridized carbons (Fsp3) is 0. The van der Waals surface area contributed by atoms with Crippen molar-refractivity contribution in [2.75, 3.05) is 5.32 Å². The Bertz CT molecular complexity index is 665. The number of amides is 1. The van der Waals surface area contributed by atoms with Gasteiger partial charge in [-0.25, -0.2) is 9.37 Å². The number of hydrogen-bond donors (Lipinski definition) is 1. The minimum absolute atomic E-state index is 0.0512. The number of carbonyl (C=O) groups is 1. The Balaban J connectivity index is 2.24. The Morgan fingerprint density at radius 3 is 2.79 bits per heavy atom. The highest BCUT2D eigenvalue weighted by Crippen LogP contribution is 2.17. The molecule has 0 fully saturated rings. The zero-order valence-corrected chi connectivity index (χ0v) is 10.3. The van der Waals surface area contributed by atoms with E-state index < -0.39 is 11.7 Å². The maximum atomic E-state index is 13.0. The highest BCUT2D eigenvalue weighted by atomic mass is 35.5. The Hall–Kier alpha value is -2.45. The van der Waals surface area contributed by atoms with E-state index in [9.17, 15) is 9.18 Å². The van der Waals surface area contributed by atoms with E-state index in [0.717, 1.165) is 12.1 Å². The highest BCUT2D eigenvalue weighted by molar-refractivity contribution is 6.29. The summed E-state index contributed by atoms with van der Waals surface area (Å²) < 4.78 is 13.0. The van der Waals surface area contributed by atoms with Crippen molar-refractivity contribution in [2.45, 2.75) is 0 Å². The standard InChI is InChI=1S/C13H7ClFN3O/c14-12-4-1-8(7-17-12)13(19)18-11-3-2-10(15)5-9(11)6-16/h1-5,7H,(H,18,19). The molecule has 0 unspecified atom stereocenters. The van der Waals surface area contributed by atoms with E-state index in [1.807, 2.05) is 6.07 Å². The van der Waals surface area contributed by atoms with Crippen LogP contribution in [-0.2, 0) is 0 Å². The first-order chi connectivity index (χ1) is 9.10. The van der Waals surface area contributed by atoms with Crippen molar-refractivity contribution in [3.05, 3.63) is 58.6 Å². The van der Waals surface area contributed by atoms with Gasteiger partial charge >= 0.3 is 0 Å². The molecule has 2 rings (SSSR count). The number of benzene rings is 1. The number of rotatable bonds is 2. The van der Waals surface area contributed by atoms with Gasteiger partial charge in [-0.2, -0.15) is 5.26 Å². The number of hydrogen-bond acceptors (Lipinski definition) is 3. The van der Waals surface area contributed by atoms with Gasteiger partial charge in [0.1, 0.15) is 17.0 Å². The molecule has 94 valence electrons. The van der Waals surface area contributed by atoms with Gasteiger partial charge in [0.25, 0.3) is 5.91 Å². The summed E-state index contributed by atoms with van der Waals surface area (Å²) >= 11 is 5.61. The summed E-state index contributed by atoms with van der Waals surface area (Å²) in [5, 5.41) is 11.7. The fourth-order valence-electron chi connectivity index (χ4n) is 1.42. The fourth-order valence-corrected chi connectivity index (χ4v) is 1.53. The average Bonchev–Trinajstić information content (AvgIpc) is 2.41. The van der Waals surface area contributed by atoms with Gasteiger partial charge in [-0.15, -0.1) is 0 Å². The van der Waals surface area contributed by atoms with Gasteiger partial charge < -0.3 is 5.32 Å². The first kappa shape index (κ1) is 13.0. The molecule has 0 aliphatic heterocycles. The molecule has 1 N–H and O–H groups in total. The third-order valence-corrected chi connectivity index (χ3v) is 2.56. The molecule has 0 radical (unpaired) electrons. The lowest BCUT2D eigenvalue weighted by Gasteiger charge is -2.06. The first-order valence-corrected chi connectivity index (χ1v) is 5.60. The van der Waals surface area contributed by atoms with Crippen molar-refractivity contribution in [1.29, 1.82) is 5.26 Å². The molecule has 1 aromatic heterocycles. The normalized spacial score (nSPS) is 9.74. The largest absolute Gasteiger partial charge is 0.321 e. The number of anilines is 1. The van der Waals surface area contributed by atoms with Crippen LogP contribution in [-0.4, -0.2) is 10.9 Å². The molecule has 2 aromatic rings. The van der Waals surface area contributed by atoms with E-state index in [1.165, 1.54) is 24.4 Å². The third-order valence-electron chi connectivity index (χ3n) is 2.34. The molecular formula is C13H7ClFN3O. The second kappa shape index (κ2) is 5.46. The molecule has 1 heterocycles. The molecule has 4 nitrogen and oxygen atoms in total. The van der Waals surface area contributed by atoms with Crippen molar-refractivity contribution in [1.82, 2.24) is 4.98 Å². The van der Waals surface area contributed by atoms with Crippen LogP contribution < -0.4 is 5.32 Å². The lowest BCUT2D eigenvalue weighted by Crippen LogP contribution is -2.13. The highest BCUT2D eigenvalue weighted by Gasteiger charge is 2.10. The topological polar surface area (TPSA) is 65.8 Å². The number of carbonyl (C=O) groups excluding carboxylic acids is 1. The Morgan fingerprint density at radius 2 is 2.16 bits per heavy atom. The molecule has 19 heavy (non-hydrogen) atoms. The van der Waals surface area contributed by atoms with Gasteiger partial charge in [-0.3, -0.25) is 4.79 Å². The molecule has 0 atom stereocenters. The summed E-state index contributed by atoms with van der Waals surface area (Å²) in [7, 11) is 0. The molecule has 1 aromatic carbocycles. The number of nitrogens with one attached hydrogen (secondary N) is 1. The molecule has 0 saturated carbocycles. The lowest BCUT2D eigenvalue weighted by molar-refractivity contribution is 0.102. The molecule has 1 amide bonds. The minimum Gasteiger partial charge on any atom is -0.321 e. The van der Waals surface area contributed by atoms with Crippen LogP contribution in [0.4, 0.5) is 10.1 Å². The van der Waals surface area contributed by atoms with Crippen molar-refractivity contribution in [3.8, 4) is 6.07 Å². The number of pyridine rings is 1. The summed E-state index contributed by atoms with van der Waals surface area (Å²) in [6.45, 7) is 0. The molecule has 0 aliphatic carbocycles. The molecule has 0 saturated heterocycles. The zero-order chi connectivity index (χ0) is 13.8. The van der Waals surface area contributed by atoms with E-state index in [1.54, 1.807) is 0 Å². The van der Waals surface area contributed by atoms with Crippen molar-refractivity contribution < 1.29 is 9.18 Å². The quantitative estimate of drug-likeness (QED) is 0.857. The number of aromatic nitrogens is 1. The maximum absolute atomic E-state index is 13.0. The molecule has 0 bridgehead atoms. The van der Waals surface area contributed by atoms with Gasteiger partial charge in [0.2, 0.25) is 0 Å². The van der Waals surface area contributed by atoms with Gasteiger partial charge in [-0.1, -0.05) is 11.6 Å². The van der Waals surface area contributed by atoms with Crippen molar-refractivity contribution in [2.24, 2.45) is 0 Å². The summed E-state index contributed by atoms with van der Waals surface area (Å²) in [6.07, 6.45) is 1.31. The molecule has 0 spiro atoms. The number of nitrogens with zero attached hydrogens (tertiary/aromatic N) is 2. The summed E-state index contributed by atoms with van der Waals surface area (Å²) in [6, 6.07) is 8.33. The van der Waals surface area contributed by atoms with E-state index in [4.69, 9.17) is 16.9 Å². The summed E-state index contributed by atoms with van der Waals surface area (Å²) in [4.78, 5) is 15.7. The molecule has 6 heteroatoms. The minimum atomic E-state index is -0.539. The molecule has 0 aliphatic rings. The van der Waals surface area contributed by atoms with E-state index in [2.05, 4.69) is 10.3 Å². The smallest absolute Gasteiger partial charge is 0.257 e. The van der Waals surface area contributed by atoms with E-state index in [-0.39, 0.29) is 22.0 Å². The maximum Gasteiger partial charge on any atom is 0.257 e. The predicted octanol–water partition coefficient (Wildman–Crippen LogP) is 3.00. The van der Waals surface area contributed by atoms with Crippen LogP contribution in [0.1, 0.15) is 15.9 Å². The molecular weight excluding hydrogens is 269 g/mol. The predicted molar refractivity (Wildman–Crippen MR) is 68.3 cm³/mol.